The molecule has 3 rings (SSSR count). The number of H-pyrrole nitrogens is 1. The van der Waals surface area contributed by atoms with Crippen molar-refractivity contribution in [2.75, 3.05) is 25.0 Å². The van der Waals surface area contributed by atoms with Gasteiger partial charge in [0, 0.05) is 35.7 Å². The minimum absolute atomic E-state index is 0.00558. The van der Waals surface area contributed by atoms with Gasteiger partial charge in [0.25, 0.3) is 0 Å². The van der Waals surface area contributed by atoms with E-state index in [1.165, 1.54) is 11.2 Å². The molecule has 2 N–H and O–H groups in total. The van der Waals surface area contributed by atoms with Crippen molar-refractivity contribution >= 4 is 33.4 Å². The zero-order valence-electron chi connectivity index (χ0n) is 19.2. The molecule has 1 unspecified atom stereocenters. The van der Waals surface area contributed by atoms with Crippen LogP contribution in [0.4, 0.5) is 5.69 Å². The third-order valence-corrected chi connectivity index (χ3v) is 7.75. The Hall–Kier alpha value is -2.98. The fourth-order valence-electron chi connectivity index (χ4n) is 4.07. The third kappa shape index (κ3) is 5.17. The number of anilines is 1. The molecule has 1 aromatic carbocycles. The smallest absolute Gasteiger partial charge is 0.341 e. The van der Waals surface area contributed by atoms with E-state index in [0.717, 1.165) is 0 Å². The highest BCUT2D eigenvalue weighted by molar-refractivity contribution is 7.89. The summed E-state index contributed by atoms with van der Waals surface area (Å²) in [5, 5.41) is 2.80. The zero-order valence-corrected chi connectivity index (χ0v) is 20.0. The van der Waals surface area contributed by atoms with Crippen LogP contribution < -0.4 is 5.32 Å². The average molecular weight is 476 g/mol. The van der Waals surface area contributed by atoms with Crippen LogP contribution in [0.2, 0.25) is 0 Å². The highest BCUT2D eigenvalue weighted by Crippen LogP contribution is 2.31. The molecule has 9 nitrogen and oxygen atoms in total. The molecule has 1 amide bonds. The molecule has 2 aromatic rings. The van der Waals surface area contributed by atoms with Gasteiger partial charge in [-0.15, -0.1) is 0 Å². The molecule has 1 fully saturated rings. The highest BCUT2D eigenvalue weighted by Gasteiger charge is 2.38. The van der Waals surface area contributed by atoms with Crippen LogP contribution in [0, 0.1) is 19.8 Å². The second-order valence-corrected chi connectivity index (χ2v) is 10.00. The van der Waals surface area contributed by atoms with Crippen LogP contribution in [-0.2, 0) is 19.6 Å². The predicted octanol–water partition coefficient (Wildman–Crippen LogP) is 3.05. The van der Waals surface area contributed by atoms with E-state index in [4.69, 9.17) is 4.74 Å². The summed E-state index contributed by atoms with van der Waals surface area (Å²) < 4.78 is 33.4. The number of esters is 1. The third-order valence-electron chi connectivity index (χ3n) is 5.71. The van der Waals surface area contributed by atoms with Crippen molar-refractivity contribution in [2.45, 2.75) is 45.4 Å². The lowest BCUT2D eigenvalue weighted by Crippen LogP contribution is -2.44. The molecule has 0 bridgehead atoms. The molecular formula is C23H29N3O6S. The number of ether oxygens (including phenoxy) is 1. The number of aromatic amines is 1. The summed E-state index contributed by atoms with van der Waals surface area (Å²) in [6.07, 6.45) is 1.05. The number of hydrogen-bond acceptors (Lipinski definition) is 6. The molecule has 1 aromatic heterocycles. The number of Topliss-reactive ketones (excluding diaryl/α,β-unsaturated/α-hetero) is 1. The number of nitrogens with one attached hydrogen (secondary N) is 2. The molecule has 1 saturated heterocycles. The molecule has 0 radical (unpaired) electrons. The Labute approximate surface area is 193 Å². The first kappa shape index (κ1) is 24.7. The van der Waals surface area contributed by atoms with Crippen LogP contribution in [0.15, 0.2) is 29.2 Å². The lowest BCUT2D eigenvalue weighted by Gasteiger charge is -2.31. The number of benzene rings is 1. The van der Waals surface area contributed by atoms with Crippen molar-refractivity contribution in [1.82, 2.24) is 9.29 Å². The van der Waals surface area contributed by atoms with E-state index in [-0.39, 0.29) is 41.8 Å². The number of carbonyl (C=O) groups is 3. The maximum absolute atomic E-state index is 13.5. The summed E-state index contributed by atoms with van der Waals surface area (Å²) in [6.45, 7) is 6.73. The Kier molecular flexibility index (Phi) is 7.38. The first-order chi connectivity index (χ1) is 15.6. The van der Waals surface area contributed by atoms with Gasteiger partial charge in [0.1, 0.15) is 10.5 Å². The van der Waals surface area contributed by atoms with Crippen molar-refractivity contribution in [2.24, 2.45) is 5.92 Å². The Morgan fingerprint density at radius 2 is 1.82 bits per heavy atom. The normalized spacial score (nSPS) is 16.9. The number of nitrogens with zero attached hydrogens (tertiary/aromatic N) is 1. The molecule has 0 spiro atoms. The number of sulfonamides is 1. The molecule has 0 saturated carbocycles. The predicted molar refractivity (Wildman–Crippen MR) is 123 cm³/mol. The van der Waals surface area contributed by atoms with Crippen LogP contribution in [0.5, 0.6) is 0 Å². The molecule has 2 heterocycles. The monoisotopic (exact) mass is 475 g/mol. The van der Waals surface area contributed by atoms with Crippen molar-refractivity contribution in [3.63, 3.8) is 0 Å². The van der Waals surface area contributed by atoms with Crippen molar-refractivity contribution < 1.29 is 27.5 Å². The van der Waals surface area contributed by atoms with E-state index < -0.39 is 21.9 Å². The minimum Gasteiger partial charge on any atom is -0.462 e. The first-order valence-electron chi connectivity index (χ1n) is 10.8. The van der Waals surface area contributed by atoms with Crippen LogP contribution in [0.1, 0.15) is 58.8 Å². The number of piperidine rings is 1. The standard InChI is InChI=1S/C23H29N3O6S/c1-5-32-23(29)20-14(2)24-15(3)21(20)33(30,31)26-12-6-7-18(13-26)22(28)25-19-10-8-17(9-11-19)16(4)27/h8-11,18,24H,5-7,12-13H2,1-4H3,(H,25,28). The Morgan fingerprint density at radius 1 is 1.15 bits per heavy atom. The molecule has 10 heteroatoms. The van der Waals surface area contributed by atoms with E-state index in [2.05, 4.69) is 10.3 Å². The van der Waals surface area contributed by atoms with E-state index in [1.54, 1.807) is 45.0 Å². The number of rotatable bonds is 7. The molecule has 0 aliphatic carbocycles. The lowest BCUT2D eigenvalue weighted by molar-refractivity contribution is -0.120. The summed E-state index contributed by atoms with van der Waals surface area (Å²) in [6, 6.07) is 6.54. The van der Waals surface area contributed by atoms with Gasteiger partial charge in [-0.3, -0.25) is 9.59 Å². The summed E-state index contributed by atoms with van der Waals surface area (Å²) in [7, 11) is -4.04. The molecule has 178 valence electrons. The van der Waals surface area contributed by atoms with Crippen molar-refractivity contribution in [3.05, 3.63) is 46.8 Å². The van der Waals surface area contributed by atoms with Crippen molar-refractivity contribution in [3.8, 4) is 0 Å². The highest BCUT2D eigenvalue weighted by atomic mass is 32.2. The summed E-state index contributed by atoms with van der Waals surface area (Å²) in [4.78, 5) is 39.6. The zero-order chi connectivity index (χ0) is 24.3. The van der Waals surface area contributed by atoms with Gasteiger partial charge < -0.3 is 15.0 Å². The van der Waals surface area contributed by atoms with Gasteiger partial charge in [-0.05, 0) is 64.8 Å². The van der Waals surface area contributed by atoms with Crippen LogP contribution in [0.3, 0.4) is 0 Å². The number of ketones is 1. The van der Waals surface area contributed by atoms with Gasteiger partial charge in [-0.25, -0.2) is 13.2 Å². The van der Waals surface area contributed by atoms with E-state index in [9.17, 15) is 22.8 Å². The van der Waals surface area contributed by atoms with Gasteiger partial charge in [0.05, 0.1) is 12.5 Å². The minimum atomic E-state index is -4.04. The van der Waals surface area contributed by atoms with Gasteiger partial charge in [0.2, 0.25) is 15.9 Å². The second-order valence-electron chi connectivity index (χ2n) is 8.12. The molecule has 1 atom stereocenters. The largest absolute Gasteiger partial charge is 0.462 e. The van der Waals surface area contributed by atoms with Crippen LogP contribution in [-0.4, -0.2) is 55.1 Å². The van der Waals surface area contributed by atoms with Gasteiger partial charge >= 0.3 is 5.97 Å². The molecule has 1 aliphatic rings. The Balaban J connectivity index is 1.80. The maximum atomic E-state index is 13.5. The van der Waals surface area contributed by atoms with E-state index in [0.29, 0.717) is 35.5 Å². The number of aryl methyl sites for hydroxylation is 2. The molecular weight excluding hydrogens is 446 g/mol. The fourth-order valence-corrected chi connectivity index (χ4v) is 6.00. The van der Waals surface area contributed by atoms with E-state index >= 15 is 0 Å². The van der Waals surface area contributed by atoms with Gasteiger partial charge in [-0.1, -0.05) is 0 Å². The summed E-state index contributed by atoms with van der Waals surface area (Å²) >= 11 is 0. The topological polar surface area (TPSA) is 126 Å². The quantitative estimate of drug-likeness (QED) is 0.468. The number of amides is 1. The second kappa shape index (κ2) is 9.88. The van der Waals surface area contributed by atoms with E-state index in [1.807, 2.05) is 0 Å². The Bertz CT molecular complexity index is 1170. The number of carbonyl (C=O) groups excluding carboxylic acids is 3. The summed E-state index contributed by atoms with van der Waals surface area (Å²) in [5.41, 5.74) is 1.85. The Morgan fingerprint density at radius 3 is 2.42 bits per heavy atom. The first-order valence-corrected chi connectivity index (χ1v) is 12.3. The lowest BCUT2D eigenvalue weighted by atomic mass is 9.98. The number of aromatic nitrogens is 1. The molecule has 1 aliphatic heterocycles. The average Bonchev–Trinajstić information content (AvgIpc) is 3.08. The van der Waals surface area contributed by atoms with Crippen molar-refractivity contribution in [1.29, 1.82) is 0 Å². The van der Waals surface area contributed by atoms with Crippen LogP contribution in [0.25, 0.3) is 0 Å². The van der Waals surface area contributed by atoms with Crippen LogP contribution >= 0.6 is 0 Å². The van der Waals surface area contributed by atoms with Gasteiger partial charge in [-0.2, -0.15) is 4.31 Å². The SMILES string of the molecule is CCOC(=O)c1c(C)[nH]c(C)c1S(=O)(=O)N1CCCC(C(=O)Nc2ccc(C(C)=O)cc2)C1. The van der Waals surface area contributed by atoms with Gasteiger partial charge in [0.15, 0.2) is 5.78 Å². The maximum Gasteiger partial charge on any atom is 0.341 e. The fraction of sp³-hybridized carbons (Fsp3) is 0.435. The molecule has 33 heavy (non-hydrogen) atoms. The number of hydrogen-bond donors (Lipinski definition) is 2. The summed E-state index contributed by atoms with van der Waals surface area (Å²) in [5.74, 6) is -1.61.